The minimum atomic E-state index is -0.266. The van der Waals surface area contributed by atoms with Crippen molar-refractivity contribution in [2.75, 3.05) is 48.0 Å². The van der Waals surface area contributed by atoms with Gasteiger partial charge in [0.2, 0.25) is 0 Å². The molecule has 0 N–H and O–H groups in total. The number of hydrogen-bond acceptors (Lipinski definition) is 8. The minimum Gasteiger partial charge on any atom is -0.493 e. The summed E-state index contributed by atoms with van der Waals surface area (Å²) in [4.78, 5) is 28.5. The third-order valence-electron chi connectivity index (χ3n) is 4.14. The number of carbonyl (C=O) groups excluding carboxylic acids is 2. The summed E-state index contributed by atoms with van der Waals surface area (Å²) in [6.45, 7) is 1.43. The number of hydrogen-bond donors (Lipinski definition) is 0. The van der Waals surface area contributed by atoms with Gasteiger partial charge in [0.1, 0.15) is 10.9 Å². The summed E-state index contributed by atoms with van der Waals surface area (Å²) in [6.07, 6.45) is 2.52. The van der Waals surface area contributed by atoms with Crippen molar-refractivity contribution >= 4 is 58.7 Å². The Balaban J connectivity index is 0.00000450. The van der Waals surface area contributed by atoms with Gasteiger partial charge in [0.05, 0.1) is 19.1 Å². The van der Waals surface area contributed by atoms with E-state index in [4.69, 9.17) is 26.4 Å². The van der Waals surface area contributed by atoms with Crippen LogP contribution in [-0.2, 0) is 14.3 Å². The van der Waals surface area contributed by atoms with Gasteiger partial charge in [0, 0.05) is 19.5 Å². The van der Waals surface area contributed by atoms with Crippen LogP contribution in [0.5, 0.6) is 11.5 Å². The normalized spacial score (nSPS) is 14.8. The molecule has 0 radical (unpaired) electrons. The summed E-state index contributed by atoms with van der Waals surface area (Å²) >= 11 is 6.59. The third-order valence-corrected chi connectivity index (χ3v) is 5.52. The average Bonchev–Trinajstić information content (AvgIpc) is 2.94. The molecular weight excluding hydrogens is 448 g/mol. The van der Waals surface area contributed by atoms with Gasteiger partial charge in [-0.15, -0.1) is 12.4 Å². The van der Waals surface area contributed by atoms with Crippen LogP contribution in [0.1, 0.15) is 18.4 Å². The molecule has 0 aromatic heterocycles. The number of thiocarbonyl (C=S) groups is 1. The van der Waals surface area contributed by atoms with Crippen molar-refractivity contribution in [1.29, 1.82) is 0 Å². The Morgan fingerprint density at radius 2 is 1.93 bits per heavy atom. The molecule has 166 valence electrons. The second-order valence-corrected chi connectivity index (χ2v) is 8.25. The standard InChI is InChI=1S/C20H26N2O5S2.ClH/c1-21(2)10-11-27-18(23)6-5-9-22-19(24)17(29-20(22)28)13-14-7-8-15(25-3)16(12-14)26-4;/h7-8,12-13H,5-6,9-11H2,1-4H3;1H/b17-13-;. The fraction of sp³-hybridized carbons (Fsp3) is 0.450. The molecule has 1 aromatic carbocycles. The van der Waals surface area contributed by atoms with Crippen LogP contribution in [0.2, 0.25) is 0 Å². The van der Waals surface area contributed by atoms with E-state index >= 15 is 0 Å². The number of ether oxygens (including phenoxy) is 3. The maximum absolute atomic E-state index is 12.7. The summed E-state index contributed by atoms with van der Waals surface area (Å²) < 4.78 is 16.2. The SMILES string of the molecule is COc1ccc(/C=C2\SC(=S)N(CCCC(=O)OCCN(C)C)C2=O)cc1OC.Cl. The highest BCUT2D eigenvalue weighted by Crippen LogP contribution is 2.34. The van der Waals surface area contributed by atoms with Crippen LogP contribution in [0.4, 0.5) is 0 Å². The van der Waals surface area contributed by atoms with Gasteiger partial charge in [-0.25, -0.2) is 0 Å². The van der Waals surface area contributed by atoms with Gasteiger partial charge in [-0.3, -0.25) is 14.5 Å². The van der Waals surface area contributed by atoms with Gasteiger partial charge in [-0.05, 0) is 44.3 Å². The van der Waals surface area contributed by atoms with Crippen LogP contribution in [0.3, 0.4) is 0 Å². The Hall–Kier alpha value is -1.81. The smallest absolute Gasteiger partial charge is 0.305 e. The highest BCUT2D eigenvalue weighted by molar-refractivity contribution is 8.26. The summed E-state index contributed by atoms with van der Waals surface area (Å²) in [6, 6.07) is 5.43. The predicted molar refractivity (Wildman–Crippen MR) is 125 cm³/mol. The number of nitrogens with zero attached hydrogens (tertiary/aromatic N) is 2. The zero-order chi connectivity index (χ0) is 21.4. The van der Waals surface area contributed by atoms with E-state index in [9.17, 15) is 9.59 Å². The molecule has 2 rings (SSSR count). The second kappa shape index (κ2) is 12.8. The lowest BCUT2D eigenvalue weighted by Gasteiger charge is -2.14. The van der Waals surface area contributed by atoms with Crippen LogP contribution < -0.4 is 9.47 Å². The molecule has 1 aliphatic rings. The molecule has 10 heteroatoms. The number of thioether (sulfide) groups is 1. The lowest BCUT2D eigenvalue weighted by Crippen LogP contribution is -2.29. The van der Waals surface area contributed by atoms with Crippen molar-refractivity contribution in [2.24, 2.45) is 0 Å². The molecule has 1 aromatic rings. The van der Waals surface area contributed by atoms with Crippen LogP contribution in [0.25, 0.3) is 6.08 Å². The third kappa shape index (κ3) is 7.46. The molecule has 1 aliphatic heterocycles. The zero-order valence-electron chi connectivity index (χ0n) is 17.5. The van der Waals surface area contributed by atoms with Crippen LogP contribution in [0, 0.1) is 0 Å². The fourth-order valence-corrected chi connectivity index (χ4v) is 3.89. The van der Waals surface area contributed by atoms with Gasteiger partial charge in [-0.2, -0.15) is 0 Å². The fourth-order valence-electron chi connectivity index (χ4n) is 2.58. The van der Waals surface area contributed by atoms with Crippen LogP contribution in [0.15, 0.2) is 23.1 Å². The minimum absolute atomic E-state index is 0. The van der Waals surface area contributed by atoms with Gasteiger partial charge in [-0.1, -0.05) is 30.0 Å². The van der Waals surface area contributed by atoms with Gasteiger partial charge in [0.15, 0.2) is 11.5 Å². The van der Waals surface area contributed by atoms with E-state index in [1.165, 1.54) is 16.7 Å². The highest BCUT2D eigenvalue weighted by atomic mass is 35.5. The summed E-state index contributed by atoms with van der Waals surface area (Å²) in [5.41, 5.74) is 0.813. The number of amides is 1. The van der Waals surface area contributed by atoms with Crippen molar-refractivity contribution in [3.05, 3.63) is 28.7 Å². The van der Waals surface area contributed by atoms with E-state index in [-0.39, 0.29) is 30.7 Å². The first-order chi connectivity index (χ1) is 13.8. The van der Waals surface area contributed by atoms with Crippen molar-refractivity contribution in [3.8, 4) is 11.5 Å². The molecule has 0 atom stereocenters. The first-order valence-electron chi connectivity index (χ1n) is 9.13. The van der Waals surface area contributed by atoms with E-state index in [1.807, 2.05) is 25.1 Å². The van der Waals surface area contributed by atoms with E-state index in [0.717, 1.165) is 5.56 Å². The topological polar surface area (TPSA) is 68.3 Å². The van der Waals surface area contributed by atoms with Gasteiger partial charge < -0.3 is 19.1 Å². The molecular formula is C20H27ClN2O5S2. The Labute approximate surface area is 193 Å². The van der Waals surface area contributed by atoms with Crippen molar-refractivity contribution in [3.63, 3.8) is 0 Å². The molecule has 1 fully saturated rings. The van der Waals surface area contributed by atoms with E-state index in [2.05, 4.69) is 0 Å². The number of likely N-dealkylation sites (N-methyl/N-ethyl adjacent to an activating group) is 1. The monoisotopic (exact) mass is 474 g/mol. The Morgan fingerprint density at radius 1 is 1.23 bits per heavy atom. The zero-order valence-corrected chi connectivity index (χ0v) is 20.0. The first-order valence-corrected chi connectivity index (χ1v) is 10.4. The van der Waals surface area contributed by atoms with Gasteiger partial charge >= 0.3 is 5.97 Å². The maximum atomic E-state index is 12.7. The maximum Gasteiger partial charge on any atom is 0.305 e. The van der Waals surface area contributed by atoms with E-state index < -0.39 is 0 Å². The molecule has 0 aliphatic carbocycles. The Morgan fingerprint density at radius 3 is 2.57 bits per heavy atom. The van der Waals surface area contributed by atoms with Crippen LogP contribution >= 0.6 is 36.4 Å². The average molecular weight is 475 g/mol. The Bertz CT molecular complexity index is 801. The van der Waals surface area contributed by atoms with Gasteiger partial charge in [0.25, 0.3) is 5.91 Å². The Kier molecular flexibility index (Phi) is 11.2. The van der Waals surface area contributed by atoms with Crippen LogP contribution in [-0.4, -0.2) is 74.0 Å². The molecule has 30 heavy (non-hydrogen) atoms. The molecule has 0 spiro atoms. The molecule has 7 nitrogen and oxygen atoms in total. The van der Waals surface area contributed by atoms with Crippen molar-refractivity contribution < 1.29 is 23.8 Å². The number of methoxy groups -OCH3 is 2. The van der Waals surface area contributed by atoms with Crippen molar-refractivity contribution in [2.45, 2.75) is 12.8 Å². The number of esters is 1. The molecule has 1 amide bonds. The summed E-state index contributed by atoms with van der Waals surface area (Å²) in [5, 5.41) is 0. The molecule has 0 unspecified atom stereocenters. The lowest BCUT2D eigenvalue weighted by atomic mass is 10.2. The van der Waals surface area contributed by atoms with Crippen molar-refractivity contribution in [1.82, 2.24) is 9.80 Å². The highest BCUT2D eigenvalue weighted by Gasteiger charge is 2.31. The first kappa shape index (κ1) is 26.2. The second-order valence-electron chi connectivity index (χ2n) is 6.58. The molecule has 1 saturated heterocycles. The predicted octanol–water partition coefficient (Wildman–Crippen LogP) is 3.21. The molecule has 0 saturated carbocycles. The number of benzene rings is 1. The largest absolute Gasteiger partial charge is 0.493 e. The number of rotatable bonds is 10. The molecule has 0 bridgehead atoms. The number of carbonyl (C=O) groups is 2. The van der Waals surface area contributed by atoms with E-state index in [0.29, 0.717) is 46.8 Å². The lowest BCUT2D eigenvalue weighted by molar-refractivity contribution is -0.144. The quantitative estimate of drug-likeness (QED) is 0.291. The summed E-state index contributed by atoms with van der Waals surface area (Å²) in [5.74, 6) is 0.785. The van der Waals surface area contributed by atoms with E-state index in [1.54, 1.807) is 32.4 Å². The summed E-state index contributed by atoms with van der Waals surface area (Å²) in [7, 11) is 6.96. The molecule has 1 heterocycles. The number of halogens is 1.